The van der Waals surface area contributed by atoms with Crippen molar-refractivity contribution < 1.29 is 4.79 Å². The average molecular weight is 165 g/mol. The first kappa shape index (κ1) is 9.04. The van der Waals surface area contributed by atoms with Gasteiger partial charge in [0.1, 0.15) is 0 Å². The summed E-state index contributed by atoms with van der Waals surface area (Å²) >= 11 is 0. The lowest BCUT2D eigenvalue weighted by molar-refractivity contribution is 0.101. The van der Waals surface area contributed by atoms with Gasteiger partial charge >= 0.3 is 0 Å². The molecule has 0 saturated heterocycles. The molecule has 1 atom stereocenters. The molecule has 1 aromatic rings. The Hall–Kier alpha value is -1.05. The second kappa shape index (κ2) is 3.57. The summed E-state index contributed by atoms with van der Waals surface area (Å²) in [6.45, 7) is 5.86. The summed E-state index contributed by atoms with van der Waals surface area (Å²) in [6.07, 6.45) is 1.10. The molecule has 0 aliphatic rings. The van der Waals surface area contributed by atoms with Gasteiger partial charge in [-0.1, -0.05) is 13.8 Å². The minimum absolute atomic E-state index is 0.101. The predicted molar refractivity (Wildman–Crippen MR) is 49.5 cm³/mol. The molecule has 0 aliphatic heterocycles. The minimum Gasteiger partial charge on any atom is -0.356 e. The van der Waals surface area contributed by atoms with E-state index in [1.807, 2.05) is 12.1 Å². The first-order chi connectivity index (χ1) is 5.65. The Kier molecular flexibility index (Phi) is 2.69. The van der Waals surface area contributed by atoms with E-state index in [9.17, 15) is 4.79 Å². The quantitative estimate of drug-likeness (QED) is 0.686. The number of carbonyl (C=O) groups excluding carboxylic acids is 1. The number of aromatic amines is 1. The average Bonchev–Trinajstić information content (AvgIpc) is 2.51. The van der Waals surface area contributed by atoms with Gasteiger partial charge in [-0.3, -0.25) is 4.79 Å². The van der Waals surface area contributed by atoms with Crippen LogP contribution in [-0.2, 0) is 0 Å². The zero-order valence-electron chi connectivity index (χ0n) is 7.85. The van der Waals surface area contributed by atoms with E-state index in [4.69, 9.17) is 0 Å². The zero-order chi connectivity index (χ0) is 9.14. The lowest BCUT2D eigenvalue weighted by atomic mass is 10.1. The van der Waals surface area contributed by atoms with E-state index in [0.29, 0.717) is 11.6 Å². The molecule has 2 heteroatoms. The zero-order valence-corrected chi connectivity index (χ0v) is 7.85. The predicted octanol–water partition coefficient (Wildman–Crippen LogP) is 2.73. The number of hydrogen-bond acceptors (Lipinski definition) is 1. The van der Waals surface area contributed by atoms with Crippen molar-refractivity contribution in [3.05, 3.63) is 23.5 Å². The summed E-state index contributed by atoms with van der Waals surface area (Å²) in [4.78, 5) is 14.1. The summed E-state index contributed by atoms with van der Waals surface area (Å²) in [5.74, 6) is 0.614. The van der Waals surface area contributed by atoms with Gasteiger partial charge in [-0.2, -0.15) is 0 Å². The molecule has 0 radical (unpaired) electrons. The smallest absolute Gasteiger partial charge is 0.175 e. The highest BCUT2D eigenvalue weighted by molar-refractivity contribution is 5.92. The van der Waals surface area contributed by atoms with E-state index in [1.54, 1.807) is 6.92 Å². The van der Waals surface area contributed by atoms with E-state index < -0.39 is 0 Å². The van der Waals surface area contributed by atoms with Crippen LogP contribution in [0.5, 0.6) is 0 Å². The Morgan fingerprint density at radius 1 is 1.58 bits per heavy atom. The molecular formula is C10H15NO. The highest BCUT2D eigenvalue weighted by atomic mass is 16.1. The number of hydrogen-bond donors (Lipinski definition) is 1. The molecule has 0 aliphatic carbocycles. The molecule has 0 aromatic carbocycles. The van der Waals surface area contributed by atoms with Crippen LogP contribution in [-0.4, -0.2) is 10.8 Å². The first-order valence-corrected chi connectivity index (χ1v) is 4.35. The highest BCUT2D eigenvalue weighted by Gasteiger charge is 2.07. The van der Waals surface area contributed by atoms with Crippen LogP contribution >= 0.6 is 0 Å². The molecule has 0 saturated carbocycles. The molecule has 2 nitrogen and oxygen atoms in total. The summed E-state index contributed by atoms with van der Waals surface area (Å²) < 4.78 is 0. The van der Waals surface area contributed by atoms with Gasteiger partial charge in [0.15, 0.2) is 5.78 Å². The molecule has 1 rings (SSSR count). The fourth-order valence-corrected chi connectivity index (χ4v) is 1.12. The van der Waals surface area contributed by atoms with Crippen molar-refractivity contribution >= 4 is 5.78 Å². The molecule has 1 N–H and O–H groups in total. The van der Waals surface area contributed by atoms with E-state index in [0.717, 1.165) is 12.1 Å². The molecule has 1 unspecified atom stereocenters. The van der Waals surface area contributed by atoms with Crippen molar-refractivity contribution in [2.24, 2.45) is 0 Å². The van der Waals surface area contributed by atoms with Gasteiger partial charge in [-0.25, -0.2) is 0 Å². The normalized spacial score (nSPS) is 12.9. The van der Waals surface area contributed by atoms with Crippen LogP contribution in [0, 0.1) is 0 Å². The van der Waals surface area contributed by atoms with Crippen molar-refractivity contribution in [1.29, 1.82) is 0 Å². The summed E-state index contributed by atoms with van der Waals surface area (Å²) in [5.41, 5.74) is 1.87. The maximum Gasteiger partial charge on any atom is 0.175 e. The molecule has 0 fully saturated rings. The molecule has 12 heavy (non-hydrogen) atoms. The van der Waals surface area contributed by atoms with Crippen LogP contribution in [0.1, 0.15) is 49.3 Å². The standard InChI is InChI=1S/C10H15NO/c1-4-7(2)9-5-6-10(11-9)8(3)12/h5-7,11H,4H2,1-3H3. The number of Topliss-reactive ketones (excluding diaryl/α,β-unsaturated/α-hetero) is 1. The summed E-state index contributed by atoms with van der Waals surface area (Å²) in [5, 5.41) is 0. The van der Waals surface area contributed by atoms with Gasteiger partial charge in [0.05, 0.1) is 5.69 Å². The van der Waals surface area contributed by atoms with Gasteiger partial charge in [0, 0.05) is 12.6 Å². The number of H-pyrrole nitrogens is 1. The molecule has 0 spiro atoms. The molecular weight excluding hydrogens is 150 g/mol. The van der Waals surface area contributed by atoms with Crippen molar-refractivity contribution in [3.8, 4) is 0 Å². The van der Waals surface area contributed by atoms with E-state index >= 15 is 0 Å². The lowest BCUT2D eigenvalue weighted by Crippen LogP contribution is -1.95. The van der Waals surface area contributed by atoms with Gasteiger partial charge in [-0.05, 0) is 24.5 Å². The number of aromatic nitrogens is 1. The van der Waals surface area contributed by atoms with Gasteiger partial charge in [0.2, 0.25) is 0 Å². The highest BCUT2D eigenvalue weighted by Crippen LogP contribution is 2.17. The first-order valence-electron chi connectivity index (χ1n) is 4.35. The molecule has 0 bridgehead atoms. The minimum atomic E-state index is 0.101. The van der Waals surface area contributed by atoms with Crippen LogP contribution in [0.15, 0.2) is 12.1 Å². The van der Waals surface area contributed by atoms with Crippen molar-refractivity contribution in [1.82, 2.24) is 4.98 Å². The molecule has 66 valence electrons. The van der Waals surface area contributed by atoms with Crippen LogP contribution in [0.4, 0.5) is 0 Å². The fraction of sp³-hybridized carbons (Fsp3) is 0.500. The third kappa shape index (κ3) is 1.76. The Balaban J connectivity index is 2.84. The Morgan fingerprint density at radius 2 is 2.25 bits per heavy atom. The Labute approximate surface area is 73.0 Å². The number of ketones is 1. The number of carbonyl (C=O) groups is 1. The van der Waals surface area contributed by atoms with Crippen LogP contribution in [0.25, 0.3) is 0 Å². The van der Waals surface area contributed by atoms with Crippen LogP contribution in [0.3, 0.4) is 0 Å². The topological polar surface area (TPSA) is 32.9 Å². The third-order valence-electron chi connectivity index (χ3n) is 2.23. The summed E-state index contributed by atoms with van der Waals surface area (Å²) in [6, 6.07) is 3.84. The molecule has 1 aromatic heterocycles. The Morgan fingerprint density at radius 3 is 2.67 bits per heavy atom. The van der Waals surface area contributed by atoms with E-state index in [2.05, 4.69) is 18.8 Å². The van der Waals surface area contributed by atoms with Crippen molar-refractivity contribution in [2.45, 2.75) is 33.1 Å². The Bertz CT molecular complexity index is 275. The molecule has 0 amide bonds. The monoisotopic (exact) mass is 165 g/mol. The third-order valence-corrected chi connectivity index (χ3v) is 2.23. The van der Waals surface area contributed by atoms with Crippen molar-refractivity contribution in [2.75, 3.05) is 0 Å². The second-order valence-electron chi connectivity index (χ2n) is 3.19. The van der Waals surface area contributed by atoms with E-state index in [-0.39, 0.29) is 5.78 Å². The van der Waals surface area contributed by atoms with Gasteiger partial charge in [0.25, 0.3) is 0 Å². The van der Waals surface area contributed by atoms with E-state index in [1.165, 1.54) is 0 Å². The largest absolute Gasteiger partial charge is 0.356 e. The maximum absolute atomic E-state index is 10.9. The summed E-state index contributed by atoms with van der Waals surface area (Å²) in [7, 11) is 0. The second-order valence-corrected chi connectivity index (χ2v) is 3.19. The van der Waals surface area contributed by atoms with Gasteiger partial charge < -0.3 is 4.98 Å². The van der Waals surface area contributed by atoms with Crippen LogP contribution < -0.4 is 0 Å². The van der Waals surface area contributed by atoms with Crippen molar-refractivity contribution in [3.63, 3.8) is 0 Å². The number of nitrogens with one attached hydrogen (secondary N) is 1. The molecule has 1 heterocycles. The fourth-order valence-electron chi connectivity index (χ4n) is 1.12. The SMILES string of the molecule is CCC(C)c1ccc(C(C)=O)[nH]1. The number of rotatable bonds is 3. The maximum atomic E-state index is 10.9. The van der Waals surface area contributed by atoms with Gasteiger partial charge in [-0.15, -0.1) is 0 Å². The lowest BCUT2D eigenvalue weighted by Gasteiger charge is -2.04. The van der Waals surface area contributed by atoms with Crippen LogP contribution in [0.2, 0.25) is 0 Å².